The molecule has 0 spiro atoms. The van der Waals surface area contributed by atoms with Gasteiger partial charge >= 0.3 is 156 Å². The molecule has 1 aromatic rings. The van der Waals surface area contributed by atoms with Crippen molar-refractivity contribution in [3.63, 3.8) is 0 Å². The third-order valence-electron chi connectivity index (χ3n) is 5.35. The van der Waals surface area contributed by atoms with E-state index in [1.807, 2.05) is 0 Å². The predicted octanol–water partition coefficient (Wildman–Crippen LogP) is 6.68. The van der Waals surface area contributed by atoms with Gasteiger partial charge in [0.2, 0.25) is 0 Å². The fourth-order valence-corrected chi connectivity index (χ4v) is 20.3. The van der Waals surface area contributed by atoms with Crippen molar-refractivity contribution in [2.24, 2.45) is 0 Å². The number of hydrogen-bond donors (Lipinski definition) is 0. The molecule has 24 heavy (non-hydrogen) atoms. The van der Waals surface area contributed by atoms with Gasteiger partial charge in [0.25, 0.3) is 0 Å². The van der Waals surface area contributed by atoms with Gasteiger partial charge < -0.3 is 0 Å². The molecule has 0 aliphatic heterocycles. The molecule has 0 fully saturated rings. The fraction of sp³-hybridized carbons (Fsp3) is 0.727. The number of nitrogens with zero attached hydrogens (tertiary/aromatic N) is 1. The van der Waals surface area contributed by atoms with Crippen LogP contribution in [0.25, 0.3) is 0 Å². The molecule has 0 bridgehead atoms. The van der Waals surface area contributed by atoms with Gasteiger partial charge in [0, 0.05) is 0 Å². The summed E-state index contributed by atoms with van der Waals surface area (Å²) in [5.41, 5.74) is 3.26. The van der Waals surface area contributed by atoms with E-state index in [9.17, 15) is 0 Å². The standard InChI is InChI=1S/C10H14N.3C4H9.Sn/c1-9-6-4-5-7-10(9)8-11(2)3;3*1-3-4-2;/h4-7H,1,8H2,2-3H3;3*1,3-4H2,2H3;. The Kier molecular flexibility index (Phi) is 11.3. The van der Waals surface area contributed by atoms with Crippen LogP contribution in [0, 0.1) is 0 Å². The van der Waals surface area contributed by atoms with Gasteiger partial charge in [0.05, 0.1) is 0 Å². The molecule has 2 heteroatoms. The summed E-state index contributed by atoms with van der Waals surface area (Å²) in [4.78, 5) is 2.32. The predicted molar refractivity (Wildman–Crippen MR) is 112 cm³/mol. The molecule has 0 amide bonds. The number of unbranched alkanes of at least 4 members (excludes halogenated alkanes) is 3. The molecular formula is C22H41NSn. The third kappa shape index (κ3) is 7.91. The monoisotopic (exact) mass is 439 g/mol. The number of benzene rings is 1. The van der Waals surface area contributed by atoms with Gasteiger partial charge in [-0.3, -0.25) is 0 Å². The summed E-state index contributed by atoms with van der Waals surface area (Å²) < 4.78 is 6.32. The van der Waals surface area contributed by atoms with Crippen molar-refractivity contribution in [3.8, 4) is 0 Å². The molecule has 0 N–H and O–H groups in total. The molecule has 0 unspecified atom stereocenters. The molecule has 0 atom stereocenters. The molecule has 0 saturated carbocycles. The van der Waals surface area contributed by atoms with E-state index in [2.05, 4.69) is 64.0 Å². The first-order chi connectivity index (χ1) is 11.6. The Morgan fingerprint density at radius 2 is 1.21 bits per heavy atom. The van der Waals surface area contributed by atoms with E-state index in [0.717, 1.165) is 6.54 Å². The number of rotatable bonds is 13. The van der Waals surface area contributed by atoms with Crippen molar-refractivity contribution in [3.05, 3.63) is 35.4 Å². The van der Waals surface area contributed by atoms with E-state index in [-0.39, 0.29) is 0 Å². The first-order valence-electron chi connectivity index (χ1n) is 10.3. The van der Waals surface area contributed by atoms with E-state index in [1.54, 1.807) is 24.4 Å². The molecule has 0 heterocycles. The Morgan fingerprint density at radius 1 is 0.750 bits per heavy atom. The van der Waals surface area contributed by atoms with Crippen LogP contribution < -0.4 is 0 Å². The minimum absolute atomic E-state index is 1.09. The first kappa shape index (κ1) is 22.0. The van der Waals surface area contributed by atoms with Gasteiger partial charge in [-0.15, -0.1) is 0 Å². The van der Waals surface area contributed by atoms with Gasteiger partial charge in [-0.25, -0.2) is 0 Å². The van der Waals surface area contributed by atoms with Crippen LogP contribution in [-0.4, -0.2) is 37.4 Å². The number of hydrogen-bond acceptors (Lipinski definition) is 1. The maximum atomic E-state index is 2.44. The third-order valence-corrected chi connectivity index (χ3v) is 20.7. The minimum atomic E-state index is -2.08. The quantitative estimate of drug-likeness (QED) is 0.311. The van der Waals surface area contributed by atoms with Crippen molar-refractivity contribution < 1.29 is 0 Å². The summed E-state index contributed by atoms with van der Waals surface area (Å²) in [5.74, 6) is 0. The first-order valence-corrected chi connectivity index (χ1v) is 18.4. The molecule has 0 radical (unpaired) electrons. The van der Waals surface area contributed by atoms with Gasteiger partial charge in [0.1, 0.15) is 0 Å². The second kappa shape index (κ2) is 12.4. The zero-order valence-corrected chi connectivity index (χ0v) is 19.9. The molecule has 1 nitrogen and oxygen atoms in total. The van der Waals surface area contributed by atoms with Gasteiger partial charge in [-0.05, 0) is 0 Å². The molecule has 0 saturated heterocycles. The molecule has 0 aliphatic carbocycles. The summed E-state index contributed by atoms with van der Waals surface area (Å²) in [6.45, 7) is 8.20. The second-order valence-corrected chi connectivity index (χ2v) is 21.8. The summed E-state index contributed by atoms with van der Waals surface area (Å²) in [6, 6.07) is 9.30. The zero-order valence-electron chi connectivity index (χ0n) is 17.0. The maximum absolute atomic E-state index is 2.44. The Hall–Kier alpha value is -0.0213. The fourth-order valence-electron chi connectivity index (χ4n) is 3.92. The van der Waals surface area contributed by atoms with E-state index >= 15 is 0 Å². The summed E-state index contributed by atoms with van der Waals surface area (Å²) >= 11 is -2.08. The van der Waals surface area contributed by atoms with Crippen LogP contribution in [0.5, 0.6) is 0 Å². The van der Waals surface area contributed by atoms with Crippen LogP contribution in [0.2, 0.25) is 13.3 Å². The van der Waals surface area contributed by atoms with Gasteiger partial charge in [-0.2, -0.15) is 0 Å². The molecule has 1 aromatic carbocycles. The van der Waals surface area contributed by atoms with Crippen LogP contribution in [0.3, 0.4) is 0 Å². The zero-order chi connectivity index (χ0) is 17.8. The van der Waals surface area contributed by atoms with E-state index < -0.39 is 18.4 Å². The van der Waals surface area contributed by atoms with Crippen LogP contribution in [-0.2, 0) is 11.0 Å². The Balaban J connectivity index is 3.03. The topological polar surface area (TPSA) is 3.24 Å². The average Bonchev–Trinajstić information content (AvgIpc) is 2.57. The molecule has 0 aromatic heterocycles. The van der Waals surface area contributed by atoms with Crippen molar-refractivity contribution in [2.75, 3.05) is 14.1 Å². The molecular weight excluding hydrogens is 397 g/mol. The molecule has 0 aliphatic rings. The Bertz CT molecular complexity index is 420. The SMILES string of the molecule is CCC[CH2][Sn]([CH2]CCC)([CH2]CCC)[CH2]c1ccccc1CN(C)C. The van der Waals surface area contributed by atoms with Gasteiger partial charge in [-0.1, -0.05) is 0 Å². The van der Waals surface area contributed by atoms with Crippen molar-refractivity contribution in [2.45, 2.75) is 83.6 Å². The summed E-state index contributed by atoms with van der Waals surface area (Å²) in [5, 5.41) is 0. The molecule has 138 valence electrons. The summed E-state index contributed by atoms with van der Waals surface area (Å²) in [6.07, 6.45) is 8.53. The second-order valence-electron chi connectivity index (χ2n) is 7.99. The van der Waals surface area contributed by atoms with E-state index in [1.165, 1.54) is 43.0 Å². The molecule has 1 rings (SSSR count). The van der Waals surface area contributed by atoms with Crippen LogP contribution in [0.15, 0.2) is 24.3 Å². The van der Waals surface area contributed by atoms with Crippen LogP contribution in [0.4, 0.5) is 0 Å². The van der Waals surface area contributed by atoms with Crippen molar-refractivity contribution >= 4 is 18.4 Å². The Morgan fingerprint density at radius 3 is 1.62 bits per heavy atom. The van der Waals surface area contributed by atoms with Crippen molar-refractivity contribution in [1.29, 1.82) is 0 Å². The average molecular weight is 438 g/mol. The summed E-state index contributed by atoms with van der Waals surface area (Å²) in [7, 11) is 4.39. The van der Waals surface area contributed by atoms with E-state index in [0.29, 0.717) is 0 Å². The Labute approximate surface area is 156 Å². The van der Waals surface area contributed by atoms with Crippen LogP contribution >= 0.6 is 0 Å². The normalized spacial score (nSPS) is 12.1. The van der Waals surface area contributed by atoms with E-state index in [4.69, 9.17) is 0 Å². The van der Waals surface area contributed by atoms with Crippen molar-refractivity contribution in [1.82, 2.24) is 4.90 Å². The van der Waals surface area contributed by atoms with Crippen LogP contribution in [0.1, 0.15) is 70.4 Å². The van der Waals surface area contributed by atoms with Gasteiger partial charge in [0.15, 0.2) is 0 Å².